The average molecular weight is 289 g/mol. The molecule has 0 aromatic heterocycles. The van der Waals surface area contributed by atoms with Crippen molar-refractivity contribution in [3.8, 4) is 11.1 Å². The quantitative estimate of drug-likeness (QED) is 0.638. The van der Waals surface area contributed by atoms with Crippen molar-refractivity contribution in [2.75, 3.05) is 7.11 Å². The fraction of sp³-hybridized carbons (Fsp3) is 0.125. The molecule has 3 nitrogen and oxygen atoms in total. The molecule has 0 amide bonds. The van der Waals surface area contributed by atoms with Crippen molar-refractivity contribution >= 4 is 23.9 Å². The second-order valence-electron chi connectivity index (χ2n) is 4.25. The lowest BCUT2D eigenvalue weighted by Crippen LogP contribution is -2.05. The van der Waals surface area contributed by atoms with Gasteiger partial charge in [0.05, 0.1) is 12.7 Å². The summed E-state index contributed by atoms with van der Waals surface area (Å²) < 4.78 is 4.80. The molecule has 0 aliphatic carbocycles. The molecule has 2 rings (SSSR count). The monoisotopic (exact) mass is 288 g/mol. The fourth-order valence-electron chi connectivity index (χ4n) is 1.97. The fourth-order valence-corrected chi connectivity index (χ4v) is 2.10. The lowest BCUT2D eigenvalue weighted by molar-refractivity contribution is -0.107. The highest BCUT2D eigenvalue weighted by atomic mass is 35.5. The van der Waals surface area contributed by atoms with Crippen LogP contribution in [0.5, 0.6) is 0 Å². The third-order valence-corrected chi connectivity index (χ3v) is 3.22. The highest BCUT2D eigenvalue weighted by molar-refractivity contribution is 6.30. The van der Waals surface area contributed by atoms with Crippen LogP contribution in [0.15, 0.2) is 42.5 Å². The van der Waals surface area contributed by atoms with Crippen molar-refractivity contribution in [2.45, 2.75) is 6.42 Å². The van der Waals surface area contributed by atoms with Gasteiger partial charge in [-0.15, -0.1) is 0 Å². The van der Waals surface area contributed by atoms with Crippen LogP contribution in [-0.4, -0.2) is 19.4 Å². The van der Waals surface area contributed by atoms with Crippen LogP contribution in [0.3, 0.4) is 0 Å². The van der Waals surface area contributed by atoms with Crippen LogP contribution in [-0.2, 0) is 16.0 Å². The first-order valence-corrected chi connectivity index (χ1v) is 6.44. The van der Waals surface area contributed by atoms with Gasteiger partial charge >= 0.3 is 5.97 Å². The Hall–Kier alpha value is -2.13. The van der Waals surface area contributed by atoms with E-state index in [9.17, 15) is 9.59 Å². The van der Waals surface area contributed by atoms with E-state index in [4.69, 9.17) is 16.3 Å². The molecule has 0 aliphatic heterocycles. The van der Waals surface area contributed by atoms with Gasteiger partial charge < -0.3 is 9.53 Å². The van der Waals surface area contributed by atoms with Gasteiger partial charge in [0.15, 0.2) is 0 Å². The van der Waals surface area contributed by atoms with E-state index >= 15 is 0 Å². The Balaban J connectivity index is 2.53. The standard InChI is InChI=1S/C16H13ClO3/c1-20-16(19)15-10-11(8-9-18)2-7-14(15)12-3-5-13(17)6-4-12/h2-7,9-10H,8H2,1H3. The third-order valence-electron chi connectivity index (χ3n) is 2.96. The number of carbonyl (C=O) groups excluding carboxylic acids is 2. The first kappa shape index (κ1) is 14.3. The van der Waals surface area contributed by atoms with Crippen LogP contribution in [0.2, 0.25) is 5.02 Å². The van der Waals surface area contributed by atoms with Crippen LogP contribution in [0, 0.1) is 0 Å². The number of benzene rings is 2. The Morgan fingerprint density at radius 2 is 1.90 bits per heavy atom. The van der Waals surface area contributed by atoms with E-state index < -0.39 is 5.97 Å². The minimum atomic E-state index is -0.428. The smallest absolute Gasteiger partial charge is 0.338 e. The normalized spacial score (nSPS) is 10.1. The summed E-state index contributed by atoms with van der Waals surface area (Å²) in [5.74, 6) is -0.428. The minimum absolute atomic E-state index is 0.269. The molecule has 4 heteroatoms. The minimum Gasteiger partial charge on any atom is -0.465 e. The number of rotatable bonds is 4. The highest BCUT2D eigenvalue weighted by Gasteiger charge is 2.14. The SMILES string of the molecule is COC(=O)c1cc(CC=O)ccc1-c1ccc(Cl)cc1. The van der Waals surface area contributed by atoms with Gasteiger partial charge in [0, 0.05) is 11.4 Å². The van der Waals surface area contributed by atoms with Crippen molar-refractivity contribution in [1.29, 1.82) is 0 Å². The zero-order valence-corrected chi connectivity index (χ0v) is 11.7. The zero-order chi connectivity index (χ0) is 14.5. The van der Waals surface area contributed by atoms with Gasteiger partial charge in [0.25, 0.3) is 0 Å². The van der Waals surface area contributed by atoms with Crippen LogP contribution in [0.4, 0.5) is 0 Å². The molecule has 0 saturated heterocycles. The van der Waals surface area contributed by atoms with Gasteiger partial charge in [-0.25, -0.2) is 4.79 Å². The second-order valence-corrected chi connectivity index (χ2v) is 4.69. The molecule has 0 saturated carbocycles. The Bertz CT molecular complexity index is 633. The van der Waals surface area contributed by atoms with Crippen LogP contribution >= 0.6 is 11.6 Å². The van der Waals surface area contributed by atoms with E-state index in [0.29, 0.717) is 10.6 Å². The molecule has 20 heavy (non-hydrogen) atoms. The molecule has 2 aromatic carbocycles. The molecule has 102 valence electrons. The Labute approximate surface area is 122 Å². The number of halogens is 1. The zero-order valence-electron chi connectivity index (χ0n) is 10.9. The number of hydrogen-bond acceptors (Lipinski definition) is 3. The summed E-state index contributed by atoms with van der Waals surface area (Å²) >= 11 is 5.86. The number of hydrogen-bond donors (Lipinski definition) is 0. The van der Waals surface area contributed by atoms with Gasteiger partial charge in [0.2, 0.25) is 0 Å². The van der Waals surface area contributed by atoms with Gasteiger partial charge in [0.1, 0.15) is 6.29 Å². The number of ether oxygens (including phenoxy) is 1. The average Bonchev–Trinajstić information content (AvgIpc) is 2.48. The summed E-state index contributed by atoms with van der Waals surface area (Å²) in [6, 6.07) is 12.5. The molecular weight excluding hydrogens is 276 g/mol. The molecule has 0 heterocycles. The third kappa shape index (κ3) is 3.06. The largest absolute Gasteiger partial charge is 0.465 e. The van der Waals surface area contributed by atoms with E-state index in [1.807, 2.05) is 24.3 Å². The molecule has 2 aromatic rings. The maximum Gasteiger partial charge on any atom is 0.338 e. The van der Waals surface area contributed by atoms with Crippen LogP contribution < -0.4 is 0 Å². The van der Waals surface area contributed by atoms with Crippen molar-refractivity contribution in [1.82, 2.24) is 0 Å². The van der Waals surface area contributed by atoms with Gasteiger partial charge in [-0.05, 0) is 34.9 Å². The molecule has 0 unspecified atom stereocenters. The summed E-state index contributed by atoms with van der Waals surface area (Å²) in [5, 5.41) is 0.631. The summed E-state index contributed by atoms with van der Waals surface area (Å²) in [6.07, 6.45) is 1.07. The first-order valence-electron chi connectivity index (χ1n) is 6.06. The molecule has 0 N–H and O–H groups in total. The number of aldehydes is 1. The Kier molecular flexibility index (Phi) is 4.53. The summed E-state index contributed by atoms with van der Waals surface area (Å²) in [7, 11) is 1.33. The number of esters is 1. The molecule has 0 atom stereocenters. The lowest BCUT2D eigenvalue weighted by Gasteiger charge is -2.10. The summed E-state index contributed by atoms with van der Waals surface area (Å²) in [4.78, 5) is 22.5. The lowest BCUT2D eigenvalue weighted by atomic mass is 9.97. The van der Waals surface area contributed by atoms with Crippen LogP contribution in [0.1, 0.15) is 15.9 Å². The van der Waals surface area contributed by atoms with Gasteiger partial charge in [-0.1, -0.05) is 35.9 Å². The van der Waals surface area contributed by atoms with Crippen LogP contribution in [0.25, 0.3) is 11.1 Å². The molecule has 0 spiro atoms. The van der Waals surface area contributed by atoms with Crippen molar-refractivity contribution in [2.24, 2.45) is 0 Å². The van der Waals surface area contributed by atoms with Gasteiger partial charge in [-0.3, -0.25) is 0 Å². The highest BCUT2D eigenvalue weighted by Crippen LogP contribution is 2.27. The molecule has 0 radical (unpaired) electrons. The summed E-state index contributed by atoms with van der Waals surface area (Å²) in [6.45, 7) is 0. The Morgan fingerprint density at radius 3 is 2.50 bits per heavy atom. The molecule has 0 bridgehead atoms. The second kappa shape index (κ2) is 6.35. The van der Waals surface area contributed by atoms with E-state index in [0.717, 1.165) is 23.0 Å². The maximum absolute atomic E-state index is 11.9. The number of methoxy groups -OCH3 is 1. The van der Waals surface area contributed by atoms with E-state index in [1.54, 1.807) is 18.2 Å². The van der Waals surface area contributed by atoms with Crippen molar-refractivity contribution in [3.63, 3.8) is 0 Å². The van der Waals surface area contributed by atoms with E-state index in [-0.39, 0.29) is 6.42 Å². The number of carbonyl (C=O) groups is 2. The predicted octanol–water partition coefficient (Wildman–Crippen LogP) is 3.54. The Morgan fingerprint density at radius 1 is 1.20 bits per heavy atom. The predicted molar refractivity (Wildman–Crippen MR) is 78.0 cm³/mol. The first-order chi connectivity index (χ1) is 9.65. The topological polar surface area (TPSA) is 43.4 Å². The van der Waals surface area contributed by atoms with Crippen molar-refractivity contribution < 1.29 is 14.3 Å². The van der Waals surface area contributed by atoms with Gasteiger partial charge in [-0.2, -0.15) is 0 Å². The van der Waals surface area contributed by atoms with E-state index in [2.05, 4.69) is 0 Å². The molecule has 0 aliphatic rings. The maximum atomic E-state index is 11.9. The summed E-state index contributed by atoms with van der Waals surface area (Å²) in [5.41, 5.74) is 2.84. The van der Waals surface area contributed by atoms with E-state index in [1.165, 1.54) is 7.11 Å². The molecule has 0 fully saturated rings. The molecular formula is C16H13ClO3. The van der Waals surface area contributed by atoms with Crippen molar-refractivity contribution in [3.05, 3.63) is 58.6 Å².